The van der Waals surface area contributed by atoms with Crippen LogP contribution in [0.2, 0.25) is 0 Å². The molecule has 6 rings (SSSR count). The first-order chi connectivity index (χ1) is 22.3. The molecular weight excluding hydrogens is 618 g/mol. The number of carbonyl (C=O) groups excluding carboxylic acids is 2. The van der Waals surface area contributed by atoms with Gasteiger partial charge in [0.15, 0.2) is 9.84 Å². The molecule has 47 heavy (non-hydrogen) atoms. The molecule has 2 aromatic heterocycles. The molecule has 3 aromatic carbocycles. The van der Waals surface area contributed by atoms with Crippen LogP contribution in [0.25, 0.3) is 16.5 Å². The second kappa shape index (κ2) is 12.4. The van der Waals surface area contributed by atoms with E-state index in [1.807, 2.05) is 45.0 Å². The molecule has 0 aliphatic heterocycles. The van der Waals surface area contributed by atoms with Crippen LogP contribution in [0.15, 0.2) is 90.0 Å². The summed E-state index contributed by atoms with van der Waals surface area (Å²) in [5.41, 5.74) is 1.57. The maximum atomic E-state index is 13.4. The van der Waals surface area contributed by atoms with Gasteiger partial charge in [-0.25, -0.2) is 27.7 Å². The molecule has 1 saturated carbocycles. The predicted octanol–water partition coefficient (Wildman–Crippen LogP) is 6.84. The molecule has 1 fully saturated rings. The van der Waals surface area contributed by atoms with E-state index in [0.717, 1.165) is 35.6 Å². The van der Waals surface area contributed by atoms with Gasteiger partial charge in [-0.2, -0.15) is 5.10 Å². The zero-order valence-electron chi connectivity index (χ0n) is 26.4. The van der Waals surface area contributed by atoms with Crippen molar-refractivity contribution in [2.45, 2.75) is 50.0 Å². The number of hydrogen-bond acceptors (Lipinski definition) is 7. The summed E-state index contributed by atoms with van der Waals surface area (Å²) in [5, 5.41) is 17.7. The van der Waals surface area contributed by atoms with Gasteiger partial charge in [0.2, 0.25) is 0 Å². The maximum Gasteiger partial charge on any atom is 0.324 e. The van der Waals surface area contributed by atoms with Crippen LogP contribution < -0.4 is 26.0 Å². The van der Waals surface area contributed by atoms with Crippen molar-refractivity contribution in [3.8, 4) is 17.2 Å². The summed E-state index contributed by atoms with van der Waals surface area (Å²) in [5.74, 6) is 1.81. The second-order valence-corrected chi connectivity index (χ2v) is 14.4. The van der Waals surface area contributed by atoms with E-state index in [-0.39, 0.29) is 22.4 Å². The number of amides is 4. The van der Waals surface area contributed by atoms with Crippen molar-refractivity contribution < 1.29 is 22.7 Å². The second-order valence-electron chi connectivity index (χ2n) is 12.4. The highest BCUT2D eigenvalue weighted by Gasteiger charge is 2.24. The zero-order valence-corrected chi connectivity index (χ0v) is 27.2. The molecule has 0 spiro atoms. The number of nitrogens with zero attached hydrogens (tertiary/aromatic N) is 3. The number of fused-ring (bicyclic) bond motifs is 1. The van der Waals surface area contributed by atoms with Crippen LogP contribution in [0.4, 0.5) is 26.9 Å². The average molecular weight is 654 g/mol. The highest BCUT2D eigenvalue weighted by atomic mass is 32.2. The third-order valence-corrected chi connectivity index (χ3v) is 8.60. The van der Waals surface area contributed by atoms with Crippen LogP contribution in [0.1, 0.15) is 39.3 Å². The van der Waals surface area contributed by atoms with E-state index in [1.54, 1.807) is 53.3 Å². The molecule has 0 unspecified atom stereocenters. The SMILES string of the molecule is CC(C)(C)c1cc(NC(=O)Nc2ccc(Oc3ccnc(NC(=O)NC4CC4)c3)c3ccccc23)n(-c2ccc(S(C)(=O)=O)cc2)n1. The lowest BCUT2D eigenvalue weighted by atomic mass is 9.92. The quantitative estimate of drug-likeness (QED) is 0.143. The van der Waals surface area contributed by atoms with Crippen LogP contribution in [0.5, 0.6) is 11.5 Å². The largest absolute Gasteiger partial charge is 0.457 e. The summed E-state index contributed by atoms with van der Waals surface area (Å²) in [7, 11) is -3.37. The van der Waals surface area contributed by atoms with Gasteiger partial charge in [-0.1, -0.05) is 45.0 Å². The molecule has 13 heteroatoms. The minimum atomic E-state index is -3.37. The molecule has 4 N–H and O–H groups in total. The van der Waals surface area contributed by atoms with Gasteiger partial charge in [-0.3, -0.25) is 10.6 Å². The van der Waals surface area contributed by atoms with E-state index in [9.17, 15) is 18.0 Å². The van der Waals surface area contributed by atoms with E-state index in [2.05, 4.69) is 26.3 Å². The number of carbonyl (C=O) groups is 2. The molecule has 0 saturated heterocycles. The molecule has 12 nitrogen and oxygen atoms in total. The Morgan fingerprint density at radius 2 is 1.60 bits per heavy atom. The standard InChI is InChI=1S/C34H35N7O5S/c1-34(2,3)29-20-31(41(40-29)22-11-13-24(14-12-22)47(4,44)45)39-33(43)37-27-15-16-28(26-8-6-5-7-25(26)27)46-23-17-18-35-30(19-23)38-32(42)36-21-9-10-21/h5-8,11-21H,9-10H2,1-4H3,(H2,37,39,43)(H2,35,36,38,42). The first kappa shape index (κ1) is 31.5. The monoisotopic (exact) mass is 653 g/mol. The van der Waals surface area contributed by atoms with Crippen molar-refractivity contribution in [1.29, 1.82) is 0 Å². The lowest BCUT2D eigenvalue weighted by Crippen LogP contribution is -2.30. The third-order valence-electron chi connectivity index (χ3n) is 7.47. The number of ether oxygens (including phenoxy) is 1. The molecule has 0 atom stereocenters. The van der Waals surface area contributed by atoms with Crippen molar-refractivity contribution >= 4 is 50.0 Å². The highest BCUT2D eigenvalue weighted by Crippen LogP contribution is 2.35. The van der Waals surface area contributed by atoms with Crippen molar-refractivity contribution in [3.05, 3.63) is 90.8 Å². The average Bonchev–Trinajstić information content (AvgIpc) is 3.72. The lowest BCUT2D eigenvalue weighted by Gasteiger charge is -2.15. The Hall–Kier alpha value is -5.43. The molecule has 1 aliphatic rings. The smallest absolute Gasteiger partial charge is 0.324 e. The Bertz CT molecular complexity index is 2080. The molecule has 242 valence electrons. The summed E-state index contributed by atoms with van der Waals surface area (Å²) in [6, 6.07) is 21.9. The molecule has 4 amide bonds. The van der Waals surface area contributed by atoms with E-state index >= 15 is 0 Å². The minimum Gasteiger partial charge on any atom is -0.457 e. The Morgan fingerprint density at radius 3 is 2.28 bits per heavy atom. The van der Waals surface area contributed by atoms with E-state index in [1.165, 1.54) is 12.1 Å². The fraction of sp³-hybridized carbons (Fsp3) is 0.235. The number of sulfone groups is 1. The summed E-state index contributed by atoms with van der Waals surface area (Å²) < 4.78 is 31.7. The van der Waals surface area contributed by atoms with Gasteiger partial charge < -0.3 is 15.4 Å². The van der Waals surface area contributed by atoms with Gasteiger partial charge in [0.05, 0.1) is 22.0 Å². The van der Waals surface area contributed by atoms with Gasteiger partial charge in [-0.05, 0) is 55.3 Å². The third kappa shape index (κ3) is 7.52. The Balaban J connectivity index is 1.22. The van der Waals surface area contributed by atoms with Gasteiger partial charge in [0.1, 0.15) is 23.1 Å². The van der Waals surface area contributed by atoms with Crippen LogP contribution in [-0.2, 0) is 15.3 Å². The van der Waals surface area contributed by atoms with Crippen LogP contribution in [0, 0.1) is 0 Å². The van der Waals surface area contributed by atoms with Crippen LogP contribution in [-0.4, -0.2) is 47.5 Å². The molecular formula is C34H35N7O5S. The number of rotatable bonds is 8. The predicted molar refractivity (Wildman–Crippen MR) is 181 cm³/mol. The van der Waals surface area contributed by atoms with Crippen molar-refractivity contribution in [2.75, 3.05) is 22.2 Å². The Kier molecular flexibility index (Phi) is 8.32. The number of pyridine rings is 1. The first-order valence-corrected chi connectivity index (χ1v) is 16.9. The van der Waals surface area contributed by atoms with Gasteiger partial charge in [0.25, 0.3) is 0 Å². The Labute approximate surface area is 272 Å². The number of hydrogen-bond donors (Lipinski definition) is 4. The fourth-order valence-electron chi connectivity index (χ4n) is 4.84. The van der Waals surface area contributed by atoms with Crippen molar-refractivity contribution in [2.24, 2.45) is 0 Å². The van der Waals surface area contributed by atoms with Gasteiger partial charge in [0, 0.05) is 46.8 Å². The number of aromatic nitrogens is 3. The molecule has 0 radical (unpaired) electrons. The number of benzene rings is 3. The number of urea groups is 2. The summed E-state index contributed by atoms with van der Waals surface area (Å²) in [6.45, 7) is 6.05. The minimum absolute atomic E-state index is 0.188. The molecule has 1 aliphatic carbocycles. The Morgan fingerprint density at radius 1 is 0.872 bits per heavy atom. The lowest BCUT2D eigenvalue weighted by molar-refractivity contribution is 0.251. The van der Waals surface area contributed by atoms with E-state index < -0.39 is 15.9 Å². The van der Waals surface area contributed by atoms with Crippen LogP contribution >= 0.6 is 0 Å². The highest BCUT2D eigenvalue weighted by molar-refractivity contribution is 7.90. The molecule has 0 bridgehead atoms. The van der Waals surface area contributed by atoms with Crippen LogP contribution in [0.3, 0.4) is 0 Å². The van der Waals surface area contributed by atoms with Crippen molar-refractivity contribution in [1.82, 2.24) is 20.1 Å². The molecule has 2 heterocycles. The fourth-order valence-corrected chi connectivity index (χ4v) is 5.47. The molecule has 5 aromatic rings. The first-order valence-electron chi connectivity index (χ1n) is 15.1. The topological polar surface area (TPSA) is 156 Å². The maximum absolute atomic E-state index is 13.4. The van der Waals surface area contributed by atoms with Gasteiger partial charge in [-0.15, -0.1) is 0 Å². The van der Waals surface area contributed by atoms with Crippen molar-refractivity contribution in [3.63, 3.8) is 0 Å². The zero-order chi connectivity index (χ0) is 33.3. The summed E-state index contributed by atoms with van der Waals surface area (Å²) in [6.07, 6.45) is 4.67. The summed E-state index contributed by atoms with van der Waals surface area (Å²) in [4.78, 5) is 30.0. The summed E-state index contributed by atoms with van der Waals surface area (Å²) >= 11 is 0. The number of anilines is 3. The van der Waals surface area contributed by atoms with Gasteiger partial charge >= 0.3 is 12.1 Å². The normalized spacial score (nSPS) is 13.2. The number of nitrogens with one attached hydrogen (secondary N) is 4. The van der Waals surface area contributed by atoms with E-state index in [4.69, 9.17) is 9.84 Å². The van der Waals surface area contributed by atoms with E-state index in [0.29, 0.717) is 34.5 Å².